The normalized spacial score (nSPS) is 15.3. The molecule has 1 fully saturated rings. The number of hydrogen-bond donors (Lipinski definition) is 1. The Morgan fingerprint density at radius 3 is 2.46 bits per heavy atom. The molecule has 9 heteroatoms. The second kappa shape index (κ2) is 11.9. The van der Waals surface area contributed by atoms with Gasteiger partial charge in [-0.3, -0.25) is 9.52 Å². The highest BCUT2D eigenvalue weighted by Crippen LogP contribution is 2.34. The zero-order valence-corrected chi connectivity index (χ0v) is 23.9. The average molecular weight is 606 g/mol. The van der Waals surface area contributed by atoms with Gasteiger partial charge >= 0.3 is 0 Å². The quantitative estimate of drug-likeness (QED) is 0.301. The van der Waals surface area contributed by atoms with E-state index in [1.807, 2.05) is 23.1 Å². The molecule has 0 bridgehead atoms. The van der Waals surface area contributed by atoms with Gasteiger partial charge in [-0.05, 0) is 91.8 Å². The third-order valence-electron chi connectivity index (χ3n) is 6.79. The number of amides is 1. The summed E-state index contributed by atoms with van der Waals surface area (Å²) in [5, 5.41) is 0.745. The maximum atomic E-state index is 13.1. The van der Waals surface area contributed by atoms with E-state index in [9.17, 15) is 13.2 Å². The Labute approximate surface area is 232 Å². The predicted molar refractivity (Wildman–Crippen MR) is 151 cm³/mol. The minimum atomic E-state index is -3.89. The largest absolute Gasteiger partial charge is 0.492 e. The fourth-order valence-electron chi connectivity index (χ4n) is 4.70. The van der Waals surface area contributed by atoms with Crippen LogP contribution in [0.4, 0.5) is 5.69 Å². The molecule has 1 heterocycles. The van der Waals surface area contributed by atoms with Gasteiger partial charge in [0.2, 0.25) is 0 Å². The number of halogens is 2. The number of hydrogen-bond acceptors (Lipinski definition) is 4. The third kappa shape index (κ3) is 6.67. The number of benzene rings is 3. The minimum Gasteiger partial charge on any atom is -0.492 e. The summed E-state index contributed by atoms with van der Waals surface area (Å²) >= 11 is 9.49. The smallest absolute Gasteiger partial charge is 0.265 e. The average Bonchev–Trinajstić information content (AvgIpc) is 2.89. The molecule has 1 amide bonds. The van der Waals surface area contributed by atoms with Gasteiger partial charge in [0.15, 0.2) is 0 Å². The highest BCUT2D eigenvalue weighted by molar-refractivity contribution is 9.10. The second-order valence-corrected chi connectivity index (χ2v) is 12.2. The first kappa shape index (κ1) is 27.5. The van der Waals surface area contributed by atoms with Crippen molar-refractivity contribution in [1.82, 2.24) is 4.90 Å². The summed E-state index contributed by atoms with van der Waals surface area (Å²) in [5.41, 5.74) is 2.13. The molecule has 3 aromatic carbocycles. The maximum Gasteiger partial charge on any atom is 0.265 e. The molecule has 1 N–H and O–H groups in total. The predicted octanol–water partition coefficient (Wildman–Crippen LogP) is 6.96. The van der Waals surface area contributed by atoms with Crippen LogP contribution in [0.3, 0.4) is 0 Å². The van der Waals surface area contributed by atoms with Gasteiger partial charge in [0.1, 0.15) is 10.6 Å². The number of piperidine rings is 1. The zero-order chi connectivity index (χ0) is 26.6. The van der Waals surface area contributed by atoms with Crippen molar-refractivity contribution in [2.75, 3.05) is 24.4 Å². The van der Waals surface area contributed by atoms with E-state index in [2.05, 4.69) is 33.6 Å². The lowest BCUT2D eigenvalue weighted by Gasteiger charge is -2.35. The molecule has 1 unspecified atom stereocenters. The number of sulfonamides is 1. The first-order valence-electron chi connectivity index (χ1n) is 12.3. The van der Waals surface area contributed by atoms with Crippen LogP contribution in [-0.2, 0) is 10.0 Å². The van der Waals surface area contributed by atoms with Gasteiger partial charge in [0.25, 0.3) is 15.9 Å². The number of nitrogens with one attached hydrogen (secondary N) is 1. The van der Waals surface area contributed by atoms with Crippen molar-refractivity contribution in [2.24, 2.45) is 5.92 Å². The standard InChI is InChI=1S/C28H30BrClN2O4S/c1-3-36-26-12-9-23(29)18-27(26)37(34,35)31-25-10-7-21(8-11-25)28(33)32-15-13-20(14-16-32)19(2)22-5-4-6-24(30)17-22/h4-12,17-20,31H,3,13-16H2,1-2H3. The molecule has 4 rings (SSSR count). The van der Waals surface area contributed by atoms with Crippen molar-refractivity contribution in [2.45, 2.75) is 37.5 Å². The van der Waals surface area contributed by atoms with Gasteiger partial charge in [-0.15, -0.1) is 0 Å². The summed E-state index contributed by atoms with van der Waals surface area (Å²) in [6, 6.07) is 19.4. The highest BCUT2D eigenvalue weighted by atomic mass is 79.9. The lowest BCUT2D eigenvalue weighted by molar-refractivity contribution is 0.0680. The molecule has 0 aromatic heterocycles. The third-order valence-corrected chi connectivity index (χ3v) is 8.92. The molecule has 1 atom stereocenters. The van der Waals surface area contributed by atoms with Crippen molar-refractivity contribution >= 4 is 49.1 Å². The first-order chi connectivity index (χ1) is 17.7. The van der Waals surface area contributed by atoms with Gasteiger partial charge in [-0.25, -0.2) is 8.42 Å². The maximum absolute atomic E-state index is 13.1. The molecule has 0 saturated carbocycles. The van der Waals surface area contributed by atoms with Crippen LogP contribution < -0.4 is 9.46 Å². The SMILES string of the molecule is CCOc1ccc(Br)cc1S(=O)(=O)Nc1ccc(C(=O)N2CCC(C(C)c3cccc(Cl)c3)CC2)cc1. The Hall–Kier alpha value is -2.55. The monoisotopic (exact) mass is 604 g/mol. The summed E-state index contributed by atoms with van der Waals surface area (Å²) in [4.78, 5) is 15.0. The van der Waals surface area contributed by atoms with Gasteiger partial charge in [0.05, 0.1) is 6.61 Å². The van der Waals surface area contributed by atoms with Crippen LogP contribution in [-0.4, -0.2) is 38.9 Å². The topological polar surface area (TPSA) is 75.7 Å². The molecule has 6 nitrogen and oxygen atoms in total. The van der Waals surface area contributed by atoms with Crippen LogP contribution in [0.5, 0.6) is 5.75 Å². The summed E-state index contributed by atoms with van der Waals surface area (Å²) in [6.07, 6.45) is 1.85. The molecule has 0 aliphatic carbocycles. The molecule has 37 heavy (non-hydrogen) atoms. The van der Waals surface area contributed by atoms with E-state index in [-0.39, 0.29) is 16.6 Å². The number of likely N-dealkylation sites (tertiary alicyclic amines) is 1. The van der Waals surface area contributed by atoms with Crippen LogP contribution in [0.25, 0.3) is 0 Å². The zero-order valence-electron chi connectivity index (χ0n) is 20.8. The van der Waals surface area contributed by atoms with Gasteiger partial charge in [-0.2, -0.15) is 0 Å². The van der Waals surface area contributed by atoms with Gasteiger partial charge < -0.3 is 9.64 Å². The van der Waals surface area contributed by atoms with E-state index in [4.69, 9.17) is 16.3 Å². The molecular formula is C28H30BrClN2O4S. The second-order valence-electron chi connectivity index (χ2n) is 9.18. The van der Waals surface area contributed by atoms with Crippen molar-refractivity contribution < 1.29 is 17.9 Å². The Morgan fingerprint density at radius 1 is 1.11 bits per heavy atom. The van der Waals surface area contributed by atoms with Crippen molar-refractivity contribution in [3.63, 3.8) is 0 Å². The Morgan fingerprint density at radius 2 is 1.81 bits per heavy atom. The number of carbonyl (C=O) groups excluding carboxylic acids is 1. The number of ether oxygens (including phenoxy) is 1. The number of nitrogens with zero attached hydrogens (tertiary/aromatic N) is 1. The van der Waals surface area contributed by atoms with Gasteiger partial charge in [-0.1, -0.05) is 46.6 Å². The fourth-order valence-corrected chi connectivity index (χ4v) is 6.65. The lowest BCUT2D eigenvalue weighted by atomic mass is 9.81. The van der Waals surface area contributed by atoms with E-state index in [0.29, 0.717) is 47.3 Å². The number of carbonyl (C=O) groups is 1. The molecule has 1 aliphatic rings. The van der Waals surface area contributed by atoms with Crippen molar-refractivity contribution in [3.05, 3.63) is 87.4 Å². The highest BCUT2D eigenvalue weighted by Gasteiger charge is 2.28. The minimum absolute atomic E-state index is 0.0405. The molecule has 3 aromatic rings. The van der Waals surface area contributed by atoms with E-state index in [1.165, 1.54) is 11.6 Å². The fraction of sp³-hybridized carbons (Fsp3) is 0.321. The molecule has 0 spiro atoms. The van der Waals surface area contributed by atoms with Crippen molar-refractivity contribution in [1.29, 1.82) is 0 Å². The lowest BCUT2D eigenvalue weighted by Crippen LogP contribution is -2.39. The molecular weight excluding hydrogens is 576 g/mol. The van der Waals surface area contributed by atoms with Crippen LogP contribution in [0.2, 0.25) is 5.02 Å². The van der Waals surface area contributed by atoms with Crippen LogP contribution in [0, 0.1) is 5.92 Å². The Bertz CT molecular complexity index is 1360. The molecule has 0 radical (unpaired) electrons. The summed E-state index contributed by atoms with van der Waals surface area (Å²) in [7, 11) is -3.89. The summed E-state index contributed by atoms with van der Waals surface area (Å²) in [5.74, 6) is 1.09. The number of rotatable bonds is 8. The Balaban J connectivity index is 1.39. The van der Waals surface area contributed by atoms with Crippen LogP contribution in [0.15, 0.2) is 76.1 Å². The molecule has 1 aliphatic heterocycles. The first-order valence-corrected chi connectivity index (χ1v) is 14.9. The molecule has 196 valence electrons. The molecule has 1 saturated heterocycles. The van der Waals surface area contributed by atoms with Crippen molar-refractivity contribution in [3.8, 4) is 5.75 Å². The van der Waals surface area contributed by atoms with E-state index >= 15 is 0 Å². The van der Waals surface area contributed by atoms with Gasteiger partial charge in [0, 0.05) is 33.8 Å². The number of anilines is 1. The summed E-state index contributed by atoms with van der Waals surface area (Å²) < 4.78 is 34.8. The van der Waals surface area contributed by atoms with E-state index in [0.717, 1.165) is 17.9 Å². The van der Waals surface area contributed by atoms with Crippen LogP contribution >= 0.6 is 27.5 Å². The summed E-state index contributed by atoms with van der Waals surface area (Å²) in [6.45, 7) is 5.73. The Kier molecular flexibility index (Phi) is 8.82. The van der Waals surface area contributed by atoms with Crippen LogP contribution in [0.1, 0.15) is 48.5 Å². The van der Waals surface area contributed by atoms with E-state index in [1.54, 1.807) is 43.3 Å². The van der Waals surface area contributed by atoms with E-state index < -0.39 is 10.0 Å².